The molecule has 0 radical (unpaired) electrons. The van der Waals surface area contributed by atoms with E-state index < -0.39 is 0 Å². The van der Waals surface area contributed by atoms with Crippen LogP contribution in [-0.2, 0) is 13.1 Å². The molecule has 0 aliphatic carbocycles. The lowest BCUT2D eigenvalue weighted by Gasteiger charge is -2.05. The fourth-order valence-electron chi connectivity index (χ4n) is 2.46. The van der Waals surface area contributed by atoms with Crippen LogP contribution < -0.4 is 5.56 Å². The smallest absolute Gasteiger partial charge is 0.253 e. The Kier molecular flexibility index (Phi) is 3.68. The number of nitriles is 1. The molecule has 3 rings (SSSR count). The van der Waals surface area contributed by atoms with Gasteiger partial charge in [0.25, 0.3) is 5.56 Å². The summed E-state index contributed by atoms with van der Waals surface area (Å²) in [5.74, 6) is 0. The number of para-hydroxylation sites is 1. The molecule has 0 saturated heterocycles. The van der Waals surface area contributed by atoms with E-state index in [1.54, 1.807) is 6.07 Å². The van der Waals surface area contributed by atoms with Crippen molar-refractivity contribution in [1.82, 2.24) is 9.88 Å². The normalized spacial score (nSPS) is 13.6. The first kappa shape index (κ1) is 13.3. The van der Waals surface area contributed by atoms with Crippen molar-refractivity contribution < 1.29 is 0 Å². The zero-order valence-corrected chi connectivity index (χ0v) is 11.4. The van der Waals surface area contributed by atoms with Crippen LogP contribution in [0.25, 0.3) is 10.9 Å². The van der Waals surface area contributed by atoms with E-state index in [2.05, 4.69) is 16.0 Å². The summed E-state index contributed by atoms with van der Waals surface area (Å²) in [6.45, 7) is 5.45. The van der Waals surface area contributed by atoms with Gasteiger partial charge < -0.3 is 4.98 Å². The van der Waals surface area contributed by atoms with Crippen molar-refractivity contribution in [3.05, 3.63) is 45.2 Å². The number of aromatic amines is 1. The molecule has 1 aromatic heterocycles. The number of pyridine rings is 1. The molecule has 0 unspecified atom stereocenters. The molecule has 0 bridgehead atoms. The van der Waals surface area contributed by atoms with Crippen LogP contribution in [0.3, 0.4) is 0 Å². The summed E-state index contributed by atoms with van der Waals surface area (Å²) in [4.78, 5) is 16.9. The molecule has 0 amide bonds. The first-order valence-corrected chi connectivity index (χ1v) is 6.46. The Morgan fingerprint density at radius 3 is 2.63 bits per heavy atom. The highest BCUT2D eigenvalue weighted by Gasteiger charge is 2.22. The van der Waals surface area contributed by atoms with Crippen LogP contribution in [0.15, 0.2) is 23.0 Å². The number of aromatic nitrogens is 1. The fraction of sp³-hybridized carbons (Fsp3) is 0.333. The third-order valence-electron chi connectivity index (χ3n) is 3.24. The van der Waals surface area contributed by atoms with Crippen molar-refractivity contribution in [2.75, 3.05) is 7.05 Å². The summed E-state index contributed by atoms with van der Waals surface area (Å²) in [5.41, 5.74) is 3.00. The largest absolute Gasteiger partial charge is 0.320 e. The van der Waals surface area contributed by atoms with Crippen LogP contribution in [0.5, 0.6) is 0 Å². The van der Waals surface area contributed by atoms with Gasteiger partial charge in [0, 0.05) is 24.0 Å². The molecule has 19 heavy (non-hydrogen) atoms. The van der Waals surface area contributed by atoms with E-state index in [-0.39, 0.29) is 5.56 Å². The second-order valence-electron chi connectivity index (χ2n) is 4.42. The van der Waals surface area contributed by atoms with Crippen molar-refractivity contribution in [3.8, 4) is 6.07 Å². The van der Waals surface area contributed by atoms with Crippen molar-refractivity contribution in [1.29, 1.82) is 5.26 Å². The van der Waals surface area contributed by atoms with Crippen LogP contribution in [0.2, 0.25) is 0 Å². The van der Waals surface area contributed by atoms with E-state index in [0.717, 1.165) is 23.1 Å². The summed E-state index contributed by atoms with van der Waals surface area (Å²) in [5, 5.41) is 10.0. The number of nitrogens with one attached hydrogen (secondary N) is 1. The Bertz CT molecular complexity index is 710. The molecular weight excluding hydrogens is 238 g/mol. The number of H-pyrrole nitrogens is 1. The van der Waals surface area contributed by atoms with Crippen LogP contribution in [0.1, 0.15) is 30.5 Å². The summed E-state index contributed by atoms with van der Waals surface area (Å²) in [6, 6.07) is 7.66. The third-order valence-corrected chi connectivity index (χ3v) is 3.24. The standard InChI is InChI=1S/C13H11N3O.C2H6/c1-16-6-10-9-4-2-3-8(5-14)12(9)15-13(17)11(10)7-16;1-2/h2-4H,6-7H2,1H3,(H,15,17);1-2H3. The topological polar surface area (TPSA) is 59.9 Å². The van der Waals surface area contributed by atoms with Crippen LogP contribution in [0, 0.1) is 11.3 Å². The van der Waals surface area contributed by atoms with Gasteiger partial charge in [-0.05, 0) is 18.7 Å². The van der Waals surface area contributed by atoms with Gasteiger partial charge in [0.15, 0.2) is 0 Å². The molecule has 0 atom stereocenters. The number of nitrogens with zero attached hydrogens (tertiary/aromatic N) is 2. The van der Waals surface area contributed by atoms with E-state index >= 15 is 0 Å². The molecule has 0 fully saturated rings. The molecule has 98 valence electrons. The summed E-state index contributed by atoms with van der Waals surface area (Å²) in [6.07, 6.45) is 0. The third kappa shape index (κ3) is 2.13. The lowest BCUT2D eigenvalue weighted by Crippen LogP contribution is -2.14. The zero-order valence-electron chi connectivity index (χ0n) is 11.4. The van der Waals surface area contributed by atoms with E-state index in [1.165, 1.54) is 0 Å². The Morgan fingerprint density at radius 2 is 1.95 bits per heavy atom. The average Bonchev–Trinajstić information content (AvgIpc) is 2.83. The number of hydrogen-bond acceptors (Lipinski definition) is 3. The van der Waals surface area contributed by atoms with Gasteiger partial charge in [-0.2, -0.15) is 5.26 Å². The fourth-order valence-corrected chi connectivity index (χ4v) is 2.46. The number of rotatable bonds is 0. The highest BCUT2D eigenvalue weighted by molar-refractivity contribution is 5.87. The molecule has 1 N–H and O–H groups in total. The minimum Gasteiger partial charge on any atom is -0.320 e. The quantitative estimate of drug-likeness (QED) is 0.786. The molecule has 1 aromatic carbocycles. The summed E-state index contributed by atoms with van der Waals surface area (Å²) < 4.78 is 0. The van der Waals surface area contributed by atoms with Crippen molar-refractivity contribution in [3.63, 3.8) is 0 Å². The van der Waals surface area contributed by atoms with Gasteiger partial charge in [0.1, 0.15) is 6.07 Å². The van der Waals surface area contributed by atoms with E-state index in [1.807, 2.05) is 33.0 Å². The van der Waals surface area contributed by atoms with E-state index in [4.69, 9.17) is 5.26 Å². The monoisotopic (exact) mass is 255 g/mol. The predicted octanol–water partition coefficient (Wildman–Crippen LogP) is 2.37. The minimum atomic E-state index is -0.0699. The molecule has 1 aliphatic rings. The van der Waals surface area contributed by atoms with Gasteiger partial charge in [-0.25, -0.2) is 0 Å². The van der Waals surface area contributed by atoms with Crippen LogP contribution >= 0.6 is 0 Å². The Hall–Kier alpha value is -2.12. The lowest BCUT2D eigenvalue weighted by molar-refractivity contribution is 0.353. The predicted molar refractivity (Wildman–Crippen MR) is 75.8 cm³/mol. The zero-order chi connectivity index (χ0) is 14.0. The highest BCUT2D eigenvalue weighted by Crippen LogP contribution is 2.26. The van der Waals surface area contributed by atoms with E-state index in [0.29, 0.717) is 17.6 Å². The molecule has 4 heteroatoms. The SMILES string of the molecule is CC.CN1Cc2c(c3cccc(C#N)c3[nH]c2=O)C1. The maximum Gasteiger partial charge on any atom is 0.253 e. The second kappa shape index (κ2) is 5.25. The van der Waals surface area contributed by atoms with Crippen molar-refractivity contribution >= 4 is 10.9 Å². The molecule has 2 aromatic rings. The molecule has 0 saturated carbocycles. The van der Waals surface area contributed by atoms with Gasteiger partial charge in [-0.1, -0.05) is 26.0 Å². The average molecular weight is 255 g/mol. The van der Waals surface area contributed by atoms with E-state index in [9.17, 15) is 4.79 Å². The second-order valence-corrected chi connectivity index (χ2v) is 4.42. The Morgan fingerprint density at radius 1 is 1.26 bits per heavy atom. The Balaban J connectivity index is 0.000000637. The first-order valence-electron chi connectivity index (χ1n) is 6.46. The van der Waals surface area contributed by atoms with Gasteiger partial charge in [-0.3, -0.25) is 9.69 Å². The minimum absolute atomic E-state index is 0.0699. The molecule has 2 heterocycles. The maximum atomic E-state index is 11.9. The highest BCUT2D eigenvalue weighted by atomic mass is 16.1. The number of benzene rings is 1. The van der Waals surface area contributed by atoms with Crippen LogP contribution in [0.4, 0.5) is 0 Å². The Labute approximate surface area is 112 Å². The van der Waals surface area contributed by atoms with Crippen molar-refractivity contribution in [2.24, 2.45) is 0 Å². The van der Waals surface area contributed by atoms with Crippen molar-refractivity contribution in [2.45, 2.75) is 26.9 Å². The maximum absolute atomic E-state index is 11.9. The number of fused-ring (bicyclic) bond motifs is 3. The summed E-state index contributed by atoms with van der Waals surface area (Å²) in [7, 11) is 1.99. The van der Waals surface area contributed by atoms with Gasteiger partial charge in [0.2, 0.25) is 0 Å². The first-order chi connectivity index (χ1) is 9.20. The molecular formula is C15H17N3O. The molecule has 4 nitrogen and oxygen atoms in total. The van der Waals surface area contributed by atoms with Gasteiger partial charge in [0.05, 0.1) is 11.1 Å². The lowest BCUT2D eigenvalue weighted by atomic mass is 10.0. The summed E-state index contributed by atoms with van der Waals surface area (Å²) >= 11 is 0. The molecule has 0 spiro atoms. The molecule has 1 aliphatic heterocycles. The van der Waals surface area contributed by atoms with Gasteiger partial charge in [-0.15, -0.1) is 0 Å². The number of hydrogen-bond donors (Lipinski definition) is 1. The van der Waals surface area contributed by atoms with Gasteiger partial charge >= 0.3 is 0 Å². The van der Waals surface area contributed by atoms with Crippen LogP contribution in [-0.4, -0.2) is 16.9 Å².